The average molecular weight is 555 g/mol. The van der Waals surface area contributed by atoms with E-state index in [1.54, 1.807) is 0 Å². The highest BCUT2D eigenvalue weighted by Crippen LogP contribution is 2.50. The van der Waals surface area contributed by atoms with Gasteiger partial charge in [0.25, 0.3) is 8.32 Å². The van der Waals surface area contributed by atoms with Crippen molar-refractivity contribution in [3.63, 3.8) is 0 Å². The first-order chi connectivity index (χ1) is 19.3. The van der Waals surface area contributed by atoms with Gasteiger partial charge in [-0.25, -0.2) is 4.79 Å². The molecule has 3 aliphatic rings. The fourth-order valence-corrected chi connectivity index (χ4v) is 12.6. The number of hydrogen-bond donors (Lipinski definition) is 0. The van der Waals surface area contributed by atoms with Crippen LogP contribution < -0.4 is 10.4 Å². The molecule has 3 aromatic carbocycles. The number of amides is 1. The monoisotopic (exact) mass is 554 g/mol. The van der Waals surface area contributed by atoms with Gasteiger partial charge in [-0.2, -0.15) is 0 Å². The summed E-state index contributed by atoms with van der Waals surface area (Å²) < 4.78 is 13.5. The van der Waals surface area contributed by atoms with E-state index in [1.165, 1.54) is 15.9 Å². The van der Waals surface area contributed by atoms with Crippen molar-refractivity contribution in [2.45, 2.75) is 76.3 Å². The number of hydrogen-bond acceptors (Lipinski definition) is 4. The Morgan fingerprint density at radius 2 is 1.40 bits per heavy atom. The van der Waals surface area contributed by atoms with E-state index in [-0.39, 0.29) is 35.4 Å². The molecule has 0 saturated carbocycles. The lowest BCUT2D eigenvalue weighted by molar-refractivity contribution is 0.00795. The summed E-state index contributed by atoms with van der Waals surface area (Å²) >= 11 is 0. The molecular formula is C34H42N2O3Si. The molecule has 0 aliphatic carbocycles. The van der Waals surface area contributed by atoms with E-state index in [9.17, 15) is 4.79 Å². The fraction of sp³-hybridized carbons (Fsp3) is 0.441. The molecule has 3 saturated heterocycles. The third kappa shape index (κ3) is 4.60. The molecule has 3 fully saturated rings. The van der Waals surface area contributed by atoms with E-state index >= 15 is 0 Å². The number of carbonyl (C=O) groups excluding carboxylic acids is 1. The van der Waals surface area contributed by atoms with Gasteiger partial charge in [0.2, 0.25) is 0 Å². The van der Waals surface area contributed by atoms with Crippen LogP contribution in [0.1, 0.15) is 46.1 Å². The summed E-state index contributed by atoms with van der Waals surface area (Å²) in [5.41, 5.74) is 1.30. The molecule has 40 heavy (non-hydrogen) atoms. The number of rotatable bonds is 7. The van der Waals surface area contributed by atoms with E-state index in [0.717, 1.165) is 25.9 Å². The summed E-state index contributed by atoms with van der Waals surface area (Å²) in [7, 11) is -2.82. The summed E-state index contributed by atoms with van der Waals surface area (Å²) in [5, 5.41) is 2.42. The second-order valence-electron chi connectivity index (χ2n) is 12.7. The van der Waals surface area contributed by atoms with Crippen LogP contribution in [0.15, 0.2) is 91.0 Å². The Morgan fingerprint density at radius 3 is 1.95 bits per heavy atom. The molecule has 210 valence electrons. The van der Waals surface area contributed by atoms with Crippen molar-refractivity contribution in [3.05, 3.63) is 96.6 Å². The van der Waals surface area contributed by atoms with Crippen molar-refractivity contribution in [3.8, 4) is 0 Å². The molecule has 3 heterocycles. The zero-order valence-electron chi connectivity index (χ0n) is 24.2. The van der Waals surface area contributed by atoms with Crippen LogP contribution in [0.5, 0.6) is 0 Å². The van der Waals surface area contributed by atoms with Gasteiger partial charge >= 0.3 is 6.09 Å². The minimum atomic E-state index is -2.82. The molecule has 0 radical (unpaired) electrons. The van der Waals surface area contributed by atoms with Gasteiger partial charge in [0.1, 0.15) is 0 Å². The lowest BCUT2D eigenvalue weighted by Crippen LogP contribution is -2.69. The van der Waals surface area contributed by atoms with Crippen molar-refractivity contribution >= 4 is 24.8 Å². The zero-order valence-corrected chi connectivity index (χ0v) is 25.2. The molecule has 6 heteroatoms. The van der Waals surface area contributed by atoms with Gasteiger partial charge in [-0.1, -0.05) is 112 Å². The number of carbonyl (C=O) groups is 1. The molecule has 1 amide bonds. The van der Waals surface area contributed by atoms with Crippen LogP contribution in [0.25, 0.3) is 0 Å². The number of fused-ring (bicyclic) bond motifs is 2. The van der Waals surface area contributed by atoms with Crippen LogP contribution in [-0.2, 0) is 15.7 Å². The van der Waals surface area contributed by atoms with E-state index in [1.807, 2.05) is 6.92 Å². The Bertz CT molecular complexity index is 1260. The first-order valence-corrected chi connectivity index (χ1v) is 16.8. The highest BCUT2D eigenvalue weighted by atomic mass is 28.4. The van der Waals surface area contributed by atoms with Gasteiger partial charge in [0.15, 0.2) is 0 Å². The Kier molecular flexibility index (Phi) is 7.36. The maximum Gasteiger partial charge on any atom is 0.410 e. The molecule has 5 nitrogen and oxygen atoms in total. The molecule has 0 N–H and O–H groups in total. The first-order valence-electron chi connectivity index (χ1n) is 14.9. The smallest absolute Gasteiger partial charge is 0.410 e. The zero-order chi connectivity index (χ0) is 27.9. The SMILES string of the molecule is CCOC(=O)N1C2CC3CC1C(C2O[Si](c1ccccc1)(c1ccccc1)C(C)(C)C)N(Cc1ccccc1)C3. The topological polar surface area (TPSA) is 42.0 Å². The van der Waals surface area contributed by atoms with Gasteiger partial charge in [-0.15, -0.1) is 0 Å². The number of likely N-dealkylation sites (tertiary alicyclic amines) is 1. The van der Waals surface area contributed by atoms with E-state index in [4.69, 9.17) is 9.16 Å². The predicted octanol–water partition coefficient (Wildman–Crippen LogP) is 5.44. The van der Waals surface area contributed by atoms with Crippen molar-refractivity contribution in [1.29, 1.82) is 0 Å². The minimum Gasteiger partial charge on any atom is -0.450 e. The van der Waals surface area contributed by atoms with Crippen LogP contribution in [0.4, 0.5) is 4.79 Å². The summed E-state index contributed by atoms with van der Waals surface area (Å²) in [6.07, 6.45) is 1.69. The van der Waals surface area contributed by atoms with Crippen LogP contribution in [0, 0.1) is 5.92 Å². The number of piperidine rings is 2. The van der Waals surface area contributed by atoms with Gasteiger partial charge in [0, 0.05) is 13.1 Å². The minimum absolute atomic E-state index is 0.00947. The van der Waals surface area contributed by atoms with Gasteiger partial charge < -0.3 is 9.16 Å². The van der Waals surface area contributed by atoms with Crippen molar-refractivity contribution in [2.24, 2.45) is 5.92 Å². The van der Waals surface area contributed by atoms with Gasteiger partial charge in [-0.3, -0.25) is 9.80 Å². The second kappa shape index (κ2) is 10.8. The van der Waals surface area contributed by atoms with Gasteiger partial charge in [-0.05, 0) is 46.7 Å². The van der Waals surface area contributed by atoms with Gasteiger partial charge in [0.05, 0.1) is 30.8 Å². The standard InChI is InChI=1S/C34H42N2O3Si/c1-5-38-33(37)36-29-21-26-22-30(36)32(31(29)35(24-26)23-25-15-9-6-10-16-25)39-40(34(2,3)4,27-17-11-7-12-18-27)28-19-13-8-14-20-28/h6-20,26,29-32H,5,21-24H2,1-4H3. The quantitative estimate of drug-likeness (QED) is 0.365. The largest absolute Gasteiger partial charge is 0.450 e. The van der Waals surface area contributed by atoms with E-state index in [0.29, 0.717) is 12.5 Å². The van der Waals surface area contributed by atoms with Crippen LogP contribution >= 0.6 is 0 Å². The highest BCUT2D eigenvalue weighted by molar-refractivity contribution is 6.99. The molecule has 3 bridgehead atoms. The predicted molar refractivity (Wildman–Crippen MR) is 162 cm³/mol. The lowest BCUT2D eigenvalue weighted by atomic mass is 9.86. The molecule has 5 atom stereocenters. The van der Waals surface area contributed by atoms with Crippen molar-refractivity contribution in [1.82, 2.24) is 9.80 Å². The van der Waals surface area contributed by atoms with E-state index in [2.05, 4.69) is 122 Å². The number of nitrogens with zero attached hydrogens (tertiary/aromatic N) is 2. The molecule has 5 unspecified atom stereocenters. The third-order valence-corrected chi connectivity index (χ3v) is 14.4. The Morgan fingerprint density at radius 1 is 0.850 bits per heavy atom. The molecule has 0 spiro atoms. The Balaban J connectivity index is 1.48. The van der Waals surface area contributed by atoms with Crippen LogP contribution in [-0.4, -0.2) is 61.6 Å². The summed E-state index contributed by atoms with van der Waals surface area (Å²) in [6, 6.07) is 32.7. The number of benzene rings is 3. The Hall–Kier alpha value is -2.93. The van der Waals surface area contributed by atoms with Crippen LogP contribution in [0.2, 0.25) is 5.04 Å². The van der Waals surface area contributed by atoms with E-state index < -0.39 is 8.32 Å². The summed E-state index contributed by atoms with van der Waals surface area (Å²) in [5.74, 6) is 0.549. The third-order valence-electron chi connectivity index (χ3n) is 9.33. The summed E-state index contributed by atoms with van der Waals surface area (Å²) in [4.78, 5) is 18.2. The summed E-state index contributed by atoms with van der Waals surface area (Å²) in [6.45, 7) is 11.2. The molecule has 3 aliphatic heterocycles. The molecule has 3 aromatic rings. The maximum absolute atomic E-state index is 13.5. The molecule has 6 rings (SSSR count). The second-order valence-corrected chi connectivity index (χ2v) is 17.0. The van der Waals surface area contributed by atoms with Crippen LogP contribution in [0.3, 0.4) is 0 Å². The van der Waals surface area contributed by atoms with Crippen molar-refractivity contribution in [2.75, 3.05) is 13.2 Å². The highest BCUT2D eigenvalue weighted by Gasteiger charge is 2.63. The normalized spacial score (nSPS) is 26.2. The number of ether oxygens (including phenoxy) is 1. The average Bonchev–Trinajstić information content (AvgIpc) is 3.07. The molecule has 0 aromatic heterocycles. The maximum atomic E-state index is 13.5. The lowest BCUT2D eigenvalue weighted by Gasteiger charge is -2.47. The molecular weight excluding hydrogens is 512 g/mol. The first kappa shape index (κ1) is 27.2. The Labute approximate surface area is 240 Å². The van der Waals surface area contributed by atoms with Crippen molar-refractivity contribution < 1.29 is 14.0 Å². The fourth-order valence-electron chi connectivity index (χ4n) is 7.85.